The van der Waals surface area contributed by atoms with Crippen LogP contribution in [0.1, 0.15) is 0 Å². The smallest absolute Gasteiger partial charge is 0.325 e. The van der Waals surface area contributed by atoms with Gasteiger partial charge in [-0.15, -0.1) is 6.58 Å². The van der Waals surface area contributed by atoms with Crippen LogP contribution in [0.4, 0.5) is 10.5 Å². The highest BCUT2D eigenvalue weighted by Gasteiger charge is 2.44. The van der Waals surface area contributed by atoms with E-state index >= 15 is 0 Å². The number of nitrogens with zero attached hydrogens (tertiary/aromatic N) is 2. The first-order valence-electron chi connectivity index (χ1n) is 6.27. The van der Waals surface area contributed by atoms with Crippen molar-refractivity contribution in [1.82, 2.24) is 9.80 Å². The van der Waals surface area contributed by atoms with Crippen molar-refractivity contribution in [1.29, 1.82) is 0 Å². The van der Waals surface area contributed by atoms with Crippen LogP contribution in [0.25, 0.3) is 0 Å². The van der Waals surface area contributed by atoms with Gasteiger partial charge in [0.1, 0.15) is 6.54 Å². The first-order chi connectivity index (χ1) is 10.4. The summed E-state index contributed by atoms with van der Waals surface area (Å²) in [6.45, 7) is 2.77. The number of nitrogens with one attached hydrogen (secondary N) is 1. The van der Waals surface area contributed by atoms with Crippen molar-refractivity contribution in [3.05, 3.63) is 41.9 Å². The van der Waals surface area contributed by atoms with Crippen LogP contribution in [0, 0.1) is 0 Å². The highest BCUT2D eigenvalue weighted by molar-refractivity contribution is 6.45. The van der Waals surface area contributed by atoms with Gasteiger partial charge >= 0.3 is 17.8 Å². The van der Waals surface area contributed by atoms with Crippen LogP contribution in [0.2, 0.25) is 5.02 Å². The third-order valence-electron chi connectivity index (χ3n) is 2.88. The van der Waals surface area contributed by atoms with E-state index < -0.39 is 30.3 Å². The Hall–Kier alpha value is -2.67. The molecule has 0 bridgehead atoms. The Kier molecular flexibility index (Phi) is 4.57. The van der Waals surface area contributed by atoms with E-state index in [0.717, 1.165) is 4.90 Å². The molecule has 0 aliphatic carbocycles. The van der Waals surface area contributed by atoms with Crippen molar-refractivity contribution in [2.24, 2.45) is 0 Å². The molecule has 1 aliphatic heterocycles. The SMILES string of the molecule is C=CCN1C(=O)C(=O)N(CC(=O)Nc2ccc(Cl)cc2)C1=O. The molecule has 1 heterocycles. The molecule has 1 aliphatic rings. The molecular weight excluding hydrogens is 310 g/mol. The monoisotopic (exact) mass is 321 g/mol. The molecule has 5 amide bonds. The number of urea groups is 1. The second-order valence-electron chi connectivity index (χ2n) is 4.43. The minimum Gasteiger partial charge on any atom is -0.325 e. The molecule has 0 spiro atoms. The van der Waals surface area contributed by atoms with E-state index in [2.05, 4.69) is 11.9 Å². The van der Waals surface area contributed by atoms with Gasteiger partial charge in [0.15, 0.2) is 0 Å². The summed E-state index contributed by atoms with van der Waals surface area (Å²) in [5.74, 6) is -2.60. The van der Waals surface area contributed by atoms with Crippen LogP contribution < -0.4 is 5.32 Å². The third-order valence-corrected chi connectivity index (χ3v) is 3.13. The van der Waals surface area contributed by atoms with Gasteiger partial charge in [-0.2, -0.15) is 0 Å². The van der Waals surface area contributed by atoms with Crippen molar-refractivity contribution >= 4 is 41.0 Å². The standard InChI is InChI=1S/C14H12ClN3O4/c1-2-7-17-12(20)13(21)18(14(17)22)8-11(19)16-10-5-3-9(15)4-6-10/h2-6H,1,7-8H2,(H,16,19). The number of halogens is 1. The maximum absolute atomic E-state index is 11.9. The maximum Gasteiger partial charge on any atom is 0.335 e. The van der Waals surface area contributed by atoms with E-state index in [1.807, 2.05) is 0 Å². The molecule has 1 aromatic rings. The topological polar surface area (TPSA) is 86.8 Å². The molecular formula is C14H12ClN3O4. The molecule has 8 heteroatoms. The van der Waals surface area contributed by atoms with E-state index in [-0.39, 0.29) is 6.54 Å². The Bertz CT molecular complexity index is 657. The van der Waals surface area contributed by atoms with Crippen molar-refractivity contribution in [2.75, 3.05) is 18.4 Å². The average Bonchev–Trinajstić information content (AvgIpc) is 2.68. The van der Waals surface area contributed by atoms with Gasteiger partial charge in [-0.1, -0.05) is 17.7 Å². The second kappa shape index (κ2) is 6.40. The molecule has 1 fully saturated rings. The zero-order chi connectivity index (χ0) is 16.3. The molecule has 22 heavy (non-hydrogen) atoms. The van der Waals surface area contributed by atoms with Crippen LogP contribution >= 0.6 is 11.6 Å². The van der Waals surface area contributed by atoms with Crippen LogP contribution in [0.15, 0.2) is 36.9 Å². The summed E-state index contributed by atoms with van der Waals surface area (Å²) in [6.07, 6.45) is 1.32. The summed E-state index contributed by atoms with van der Waals surface area (Å²) in [5, 5.41) is 3.01. The average molecular weight is 322 g/mol. The van der Waals surface area contributed by atoms with E-state index in [1.54, 1.807) is 24.3 Å². The number of amides is 5. The van der Waals surface area contributed by atoms with E-state index in [0.29, 0.717) is 15.6 Å². The Morgan fingerprint density at radius 2 is 1.73 bits per heavy atom. The van der Waals surface area contributed by atoms with Gasteiger partial charge in [0.05, 0.1) is 0 Å². The van der Waals surface area contributed by atoms with Crippen LogP contribution in [-0.2, 0) is 14.4 Å². The summed E-state index contributed by atoms with van der Waals surface area (Å²) >= 11 is 5.72. The zero-order valence-electron chi connectivity index (χ0n) is 11.4. The zero-order valence-corrected chi connectivity index (χ0v) is 12.2. The fraction of sp³-hybridized carbons (Fsp3) is 0.143. The molecule has 0 saturated carbocycles. The van der Waals surface area contributed by atoms with E-state index in [4.69, 9.17) is 11.6 Å². The Morgan fingerprint density at radius 3 is 2.32 bits per heavy atom. The molecule has 1 aromatic carbocycles. The minimum absolute atomic E-state index is 0.0846. The summed E-state index contributed by atoms with van der Waals surface area (Å²) in [4.78, 5) is 48.4. The number of benzene rings is 1. The highest BCUT2D eigenvalue weighted by atomic mass is 35.5. The highest BCUT2D eigenvalue weighted by Crippen LogP contribution is 2.15. The van der Waals surface area contributed by atoms with Crippen LogP contribution in [0.5, 0.6) is 0 Å². The van der Waals surface area contributed by atoms with E-state index in [1.165, 1.54) is 6.08 Å². The number of carbonyl (C=O) groups is 4. The Balaban J connectivity index is 2.03. The molecule has 0 radical (unpaired) electrons. The van der Waals surface area contributed by atoms with Crippen LogP contribution in [-0.4, -0.2) is 46.6 Å². The normalized spacial score (nSPS) is 14.5. The van der Waals surface area contributed by atoms with Gasteiger partial charge < -0.3 is 5.32 Å². The predicted molar refractivity (Wildman–Crippen MR) is 79.1 cm³/mol. The molecule has 0 unspecified atom stereocenters. The summed E-state index contributed by atoms with van der Waals surface area (Å²) in [7, 11) is 0. The van der Waals surface area contributed by atoms with Crippen molar-refractivity contribution in [2.45, 2.75) is 0 Å². The fourth-order valence-corrected chi connectivity index (χ4v) is 1.98. The van der Waals surface area contributed by atoms with Gasteiger partial charge in [0.25, 0.3) is 0 Å². The van der Waals surface area contributed by atoms with Gasteiger partial charge in [-0.25, -0.2) is 9.69 Å². The van der Waals surface area contributed by atoms with Gasteiger partial charge in [0, 0.05) is 17.3 Å². The molecule has 7 nitrogen and oxygen atoms in total. The largest absolute Gasteiger partial charge is 0.335 e. The van der Waals surface area contributed by atoms with E-state index in [9.17, 15) is 19.2 Å². The number of hydrogen-bond acceptors (Lipinski definition) is 4. The first kappa shape index (κ1) is 15.7. The number of imide groups is 2. The van der Waals surface area contributed by atoms with Crippen molar-refractivity contribution in [3.63, 3.8) is 0 Å². The predicted octanol–water partition coefficient (Wildman–Crippen LogP) is 1.26. The van der Waals surface area contributed by atoms with Gasteiger partial charge in [-0.3, -0.25) is 19.3 Å². The fourth-order valence-electron chi connectivity index (χ4n) is 1.86. The molecule has 0 aromatic heterocycles. The van der Waals surface area contributed by atoms with Crippen LogP contribution in [0.3, 0.4) is 0 Å². The molecule has 1 saturated heterocycles. The molecule has 0 atom stereocenters. The lowest BCUT2D eigenvalue weighted by Gasteiger charge is -2.14. The Labute approximate surface area is 131 Å². The van der Waals surface area contributed by atoms with Crippen molar-refractivity contribution < 1.29 is 19.2 Å². The quantitative estimate of drug-likeness (QED) is 0.502. The molecule has 1 N–H and O–H groups in total. The number of hydrogen-bond donors (Lipinski definition) is 1. The summed E-state index contributed by atoms with van der Waals surface area (Å²) in [5.41, 5.74) is 0.461. The van der Waals surface area contributed by atoms with Gasteiger partial charge in [0.2, 0.25) is 5.91 Å². The van der Waals surface area contributed by atoms with Crippen molar-refractivity contribution in [3.8, 4) is 0 Å². The summed E-state index contributed by atoms with van der Waals surface area (Å²) < 4.78 is 0. The number of rotatable bonds is 5. The Morgan fingerprint density at radius 1 is 1.14 bits per heavy atom. The number of carbonyl (C=O) groups excluding carboxylic acids is 4. The summed E-state index contributed by atoms with van der Waals surface area (Å²) in [6, 6.07) is 5.48. The number of anilines is 1. The molecule has 114 valence electrons. The lowest BCUT2D eigenvalue weighted by molar-refractivity contribution is -0.143. The third kappa shape index (κ3) is 3.15. The minimum atomic E-state index is -1.03. The first-order valence-corrected chi connectivity index (χ1v) is 6.65. The lowest BCUT2D eigenvalue weighted by Crippen LogP contribution is -2.39. The maximum atomic E-state index is 11.9. The second-order valence-corrected chi connectivity index (χ2v) is 4.87. The lowest BCUT2D eigenvalue weighted by atomic mass is 10.3. The van der Waals surface area contributed by atoms with Gasteiger partial charge in [-0.05, 0) is 24.3 Å². The molecule has 2 rings (SSSR count).